The highest BCUT2D eigenvalue weighted by molar-refractivity contribution is 9.10. The van der Waals surface area contributed by atoms with E-state index in [-0.39, 0.29) is 0 Å². The normalized spacial score (nSPS) is 20.6. The molecule has 1 N–H and O–H groups in total. The monoisotopic (exact) mass is 283 g/mol. The van der Waals surface area contributed by atoms with Crippen LogP contribution in [-0.2, 0) is 6.54 Å². The van der Waals surface area contributed by atoms with Crippen molar-refractivity contribution in [1.82, 2.24) is 15.2 Å². The quantitative estimate of drug-likeness (QED) is 0.917. The molecule has 1 aromatic heterocycles. The standard InChI is InChI=1S/C12H18BrN3/c1-16(9-12-3-2-4-15-12)8-10-5-11(13)7-14-6-10/h5-7,12,15H,2-4,8-9H2,1H3. The van der Waals surface area contributed by atoms with Crippen LogP contribution in [0.15, 0.2) is 22.9 Å². The molecule has 0 spiro atoms. The van der Waals surface area contributed by atoms with Crippen LogP contribution in [0.1, 0.15) is 18.4 Å². The maximum atomic E-state index is 4.18. The van der Waals surface area contributed by atoms with Crippen LogP contribution >= 0.6 is 15.9 Å². The second kappa shape index (κ2) is 5.75. The fraction of sp³-hybridized carbons (Fsp3) is 0.583. The van der Waals surface area contributed by atoms with Gasteiger partial charge >= 0.3 is 0 Å². The number of halogens is 1. The number of nitrogens with one attached hydrogen (secondary N) is 1. The Hall–Kier alpha value is -0.450. The minimum Gasteiger partial charge on any atom is -0.313 e. The Morgan fingerprint density at radius 1 is 1.56 bits per heavy atom. The lowest BCUT2D eigenvalue weighted by atomic mass is 10.2. The van der Waals surface area contributed by atoms with Gasteiger partial charge in [0, 0.05) is 36.0 Å². The van der Waals surface area contributed by atoms with Gasteiger partial charge in [-0.2, -0.15) is 0 Å². The van der Waals surface area contributed by atoms with Crippen LogP contribution < -0.4 is 5.32 Å². The van der Waals surface area contributed by atoms with E-state index in [9.17, 15) is 0 Å². The Morgan fingerprint density at radius 3 is 3.12 bits per heavy atom. The van der Waals surface area contributed by atoms with E-state index in [2.05, 4.69) is 44.2 Å². The van der Waals surface area contributed by atoms with Gasteiger partial charge in [0.1, 0.15) is 0 Å². The fourth-order valence-electron chi connectivity index (χ4n) is 2.21. The summed E-state index contributed by atoms with van der Waals surface area (Å²) in [5, 5.41) is 3.52. The van der Waals surface area contributed by atoms with Gasteiger partial charge in [-0.25, -0.2) is 0 Å². The lowest BCUT2D eigenvalue weighted by molar-refractivity contribution is 0.293. The van der Waals surface area contributed by atoms with Gasteiger partial charge in [-0.15, -0.1) is 0 Å². The van der Waals surface area contributed by atoms with E-state index in [4.69, 9.17) is 0 Å². The highest BCUT2D eigenvalue weighted by Gasteiger charge is 2.15. The second-order valence-corrected chi connectivity index (χ2v) is 5.42. The summed E-state index contributed by atoms with van der Waals surface area (Å²) in [4.78, 5) is 6.53. The summed E-state index contributed by atoms with van der Waals surface area (Å²) in [6, 6.07) is 2.80. The van der Waals surface area contributed by atoms with Gasteiger partial charge in [-0.1, -0.05) is 0 Å². The maximum Gasteiger partial charge on any atom is 0.0410 e. The SMILES string of the molecule is CN(Cc1cncc(Br)c1)CC1CCCN1. The van der Waals surface area contributed by atoms with Crippen molar-refractivity contribution < 1.29 is 0 Å². The Labute approximate surface area is 105 Å². The molecule has 1 aromatic rings. The third kappa shape index (κ3) is 3.54. The molecule has 0 amide bonds. The smallest absolute Gasteiger partial charge is 0.0410 e. The first-order valence-corrected chi connectivity index (χ1v) is 6.55. The Morgan fingerprint density at radius 2 is 2.44 bits per heavy atom. The van der Waals surface area contributed by atoms with Gasteiger partial charge in [0.05, 0.1) is 0 Å². The summed E-state index contributed by atoms with van der Waals surface area (Å²) >= 11 is 3.45. The number of likely N-dealkylation sites (N-methyl/N-ethyl adjacent to an activating group) is 1. The van der Waals surface area contributed by atoms with Gasteiger partial charge in [0.15, 0.2) is 0 Å². The number of hydrogen-bond donors (Lipinski definition) is 1. The topological polar surface area (TPSA) is 28.2 Å². The molecule has 1 unspecified atom stereocenters. The van der Waals surface area contributed by atoms with E-state index in [0.717, 1.165) is 17.6 Å². The van der Waals surface area contributed by atoms with Crippen molar-refractivity contribution >= 4 is 15.9 Å². The molecule has 2 rings (SSSR count). The summed E-state index contributed by atoms with van der Waals surface area (Å²) in [6.45, 7) is 3.26. The number of nitrogens with zero attached hydrogens (tertiary/aromatic N) is 2. The van der Waals surface area contributed by atoms with Crippen LogP contribution in [0.5, 0.6) is 0 Å². The summed E-state index contributed by atoms with van der Waals surface area (Å²) in [5.74, 6) is 0. The zero-order valence-corrected chi connectivity index (χ0v) is 11.2. The largest absolute Gasteiger partial charge is 0.313 e. The van der Waals surface area contributed by atoms with Gasteiger partial charge in [-0.05, 0) is 54.0 Å². The molecule has 1 atom stereocenters. The minimum absolute atomic E-state index is 0.671. The third-order valence-electron chi connectivity index (χ3n) is 2.91. The molecule has 0 saturated carbocycles. The predicted molar refractivity (Wildman–Crippen MR) is 69.3 cm³/mol. The van der Waals surface area contributed by atoms with Crippen LogP contribution in [0.3, 0.4) is 0 Å². The number of pyridine rings is 1. The highest BCUT2D eigenvalue weighted by atomic mass is 79.9. The molecule has 88 valence electrons. The molecule has 4 heteroatoms. The zero-order valence-electron chi connectivity index (χ0n) is 9.62. The van der Waals surface area contributed by atoms with E-state index in [1.807, 2.05) is 12.4 Å². The van der Waals surface area contributed by atoms with Crippen LogP contribution in [0, 0.1) is 0 Å². The summed E-state index contributed by atoms with van der Waals surface area (Å²) in [7, 11) is 2.17. The Bertz CT molecular complexity index is 337. The summed E-state index contributed by atoms with van der Waals surface area (Å²) in [6.07, 6.45) is 6.38. The van der Waals surface area contributed by atoms with Crippen LogP contribution in [-0.4, -0.2) is 36.1 Å². The van der Waals surface area contributed by atoms with Gasteiger partial charge < -0.3 is 10.2 Å². The average Bonchev–Trinajstić information content (AvgIpc) is 2.70. The zero-order chi connectivity index (χ0) is 11.4. The number of aromatic nitrogens is 1. The van der Waals surface area contributed by atoms with E-state index >= 15 is 0 Å². The Kier molecular flexibility index (Phi) is 4.32. The molecular formula is C12H18BrN3. The first-order chi connectivity index (χ1) is 7.74. The average molecular weight is 284 g/mol. The van der Waals surface area contributed by atoms with Crippen molar-refractivity contribution in [3.8, 4) is 0 Å². The van der Waals surface area contributed by atoms with Crippen molar-refractivity contribution in [2.75, 3.05) is 20.1 Å². The van der Waals surface area contributed by atoms with Crippen LogP contribution in [0.25, 0.3) is 0 Å². The van der Waals surface area contributed by atoms with E-state index in [1.165, 1.54) is 24.9 Å². The highest BCUT2D eigenvalue weighted by Crippen LogP contribution is 2.12. The molecule has 0 aliphatic carbocycles. The molecule has 3 nitrogen and oxygen atoms in total. The minimum atomic E-state index is 0.671. The summed E-state index contributed by atoms with van der Waals surface area (Å²) < 4.78 is 1.05. The summed E-state index contributed by atoms with van der Waals surface area (Å²) in [5.41, 5.74) is 1.26. The number of rotatable bonds is 4. The van der Waals surface area contributed by atoms with Gasteiger partial charge in [-0.3, -0.25) is 4.98 Å². The Balaban J connectivity index is 1.84. The lowest BCUT2D eigenvalue weighted by Gasteiger charge is -2.20. The molecule has 0 aromatic carbocycles. The van der Waals surface area contributed by atoms with Gasteiger partial charge in [0.2, 0.25) is 0 Å². The van der Waals surface area contributed by atoms with Crippen molar-refractivity contribution in [3.05, 3.63) is 28.5 Å². The predicted octanol–water partition coefficient (Wildman–Crippen LogP) is 2.03. The van der Waals surface area contributed by atoms with Crippen LogP contribution in [0.4, 0.5) is 0 Å². The molecule has 1 aliphatic rings. The molecule has 1 saturated heterocycles. The molecular weight excluding hydrogens is 266 g/mol. The van der Waals surface area contributed by atoms with E-state index in [0.29, 0.717) is 6.04 Å². The molecule has 1 aliphatic heterocycles. The van der Waals surface area contributed by atoms with Gasteiger partial charge in [0.25, 0.3) is 0 Å². The first-order valence-electron chi connectivity index (χ1n) is 5.75. The first kappa shape index (κ1) is 12.0. The van der Waals surface area contributed by atoms with E-state index < -0.39 is 0 Å². The number of hydrogen-bond acceptors (Lipinski definition) is 3. The fourth-order valence-corrected chi connectivity index (χ4v) is 2.62. The molecule has 2 heterocycles. The van der Waals surface area contributed by atoms with Crippen LogP contribution in [0.2, 0.25) is 0 Å². The van der Waals surface area contributed by atoms with E-state index in [1.54, 1.807) is 0 Å². The molecule has 0 radical (unpaired) electrons. The maximum absolute atomic E-state index is 4.18. The molecule has 1 fully saturated rings. The molecule has 16 heavy (non-hydrogen) atoms. The third-order valence-corrected chi connectivity index (χ3v) is 3.34. The van der Waals surface area contributed by atoms with Crippen molar-refractivity contribution in [2.45, 2.75) is 25.4 Å². The van der Waals surface area contributed by atoms with Crippen molar-refractivity contribution in [3.63, 3.8) is 0 Å². The second-order valence-electron chi connectivity index (χ2n) is 4.50. The van der Waals surface area contributed by atoms with Crippen molar-refractivity contribution in [1.29, 1.82) is 0 Å². The van der Waals surface area contributed by atoms with Crippen molar-refractivity contribution in [2.24, 2.45) is 0 Å². The molecule has 0 bridgehead atoms. The lowest BCUT2D eigenvalue weighted by Crippen LogP contribution is -2.34.